The van der Waals surface area contributed by atoms with E-state index in [9.17, 15) is 0 Å². The van der Waals surface area contributed by atoms with Crippen LogP contribution in [0.25, 0.3) is 11.0 Å². The highest BCUT2D eigenvalue weighted by molar-refractivity contribution is 7.71. The SMILES string of the molecule is COc1cccc2c1[nH]c(=S)n2C1C(C)(C)C1(C)C. The number of nitrogens with zero attached hydrogens (tertiary/aromatic N) is 1. The van der Waals surface area contributed by atoms with Gasteiger partial charge >= 0.3 is 0 Å². The Bertz CT molecular complexity index is 694. The average molecular weight is 276 g/mol. The number of hydrogen-bond acceptors (Lipinski definition) is 2. The van der Waals surface area contributed by atoms with Crippen molar-refractivity contribution in [3.8, 4) is 5.75 Å². The molecule has 1 aromatic carbocycles. The molecule has 0 amide bonds. The summed E-state index contributed by atoms with van der Waals surface area (Å²) in [6.07, 6.45) is 0. The summed E-state index contributed by atoms with van der Waals surface area (Å²) < 4.78 is 8.45. The van der Waals surface area contributed by atoms with Crippen molar-refractivity contribution < 1.29 is 4.74 Å². The molecule has 3 rings (SSSR count). The zero-order chi connectivity index (χ0) is 14.0. The number of para-hydroxylation sites is 1. The molecule has 1 aromatic heterocycles. The zero-order valence-electron chi connectivity index (χ0n) is 12.1. The van der Waals surface area contributed by atoms with E-state index >= 15 is 0 Å². The van der Waals surface area contributed by atoms with E-state index in [0.717, 1.165) is 21.6 Å². The summed E-state index contributed by atoms with van der Waals surface area (Å²) in [6, 6.07) is 6.51. The summed E-state index contributed by atoms with van der Waals surface area (Å²) >= 11 is 5.53. The van der Waals surface area contributed by atoms with Gasteiger partial charge in [0.1, 0.15) is 11.3 Å². The number of nitrogens with one attached hydrogen (secondary N) is 1. The second kappa shape index (κ2) is 3.63. The maximum atomic E-state index is 5.53. The lowest BCUT2D eigenvalue weighted by Gasteiger charge is -2.07. The van der Waals surface area contributed by atoms with Crippen LogP contribution in [0.5, 0.6) is 5.75 Å². The number of rotatable bonds is 2. The highest BCUT2D eigenvalue weighted by Gasteiger charge is 2.66. The van der Waals surface area contributed by atoms with Gasteiger partial charge in [0.15, 0.2) is 4.77 Å². The maximum absolute atomic E-state index is 5.53. The van der Waals surface area contributed by atoms with Crippen molar-refractivity contribution in [1.29, 1.82) is 0 Å². The molecule has 102 valence electrons. The van der Waals surface area contributed by atoms with Crippen LogP contribution >= 0.6 is 12.2 Å². The molecule has 0 unspecified atom stereocenters. The van der Waals surface area contributed by atoms with Crippen LogP contribution < -0.4 is 4.74 Å². The molecule has 1 N–H and O–H groups in total. The molecule has 0 bridgehead atoms. The van der Waals surface area contributed by atoms with Crippen molar-refractivity contribution in [2.24, 2.45) is 10.8 Å². The van der Waals surface area contributed by atoms with Crippen LogP contribution in [-0.2, 0) is 0 Å². The first-order valence-corrected chi connectivity index (χ1v) is 7.00. The minimum Gasteiger partial charge on any atom is -0.494 e. The third kappa shape index (κ3) is 1.46. The summed E-state index contributed by atoms with van der Waals surface area (Å²) in [4.78, 5) is 3.30. The van der Waals surface area contributed by atoms with Crippen molar-refractivity contribution in [2.75, 3.05) is 7.11 Å². The fourth-order valence-corrected chi connectivity index (χ4v) is 3.66. The van der Waals surface area contributed by atoms with Gasteiger partial charge in [-0.2, -0.15) is 0 Å². The van der Waals surface area contributed by atoms with Gasteiger partial charge in [-0.1, -0.05) is 33.8 Å². The molecular weight excluding hydrogens is 256 g/mol. The number of ether oxygens (including phenoxy) is 1. The normalized spacial score (nSPS) is 20.7. The Hall–Kier alpha value is -1.29. The van der Waals surface area contributed by atoms with Crippen LogP contribution in [0.1, 0.15) is 33.7 Å². The number of methoxy groups -OCH3 is 1. The number of benzene rings is 1. The van der Waals surface area contributed by atoms with Crippen LogP contribution in [0.2, 0.25) is 0 Å². The summed E-state index contributed by atoms with van der Waals surface area (Å²) in [7, 11) is 1.69. The molecule has 4 heteroatoms. The van der Waals surface area contributed by atoms with E-state index in [0.29, 0.717) is 6.04 Å². The Kier molecular flexibility index (Phi) is 2.43. The Morgan fingerprint density at radius 3 is 2.37 bits per heavy atom. The first-order valence-electron chi connectivity index (χ1n) is 6.59. The maximum Gasteiger partial charge on any atom is 0.178 e. The fraction of sp³-hybridized carbons (Fsp3) is 0.533. The summed E-state index contributed by atoms with van der Waals surface area (Å²) in [6.45, 7) is 9.22. The molecule has 3 nitrogen and oxygen atoms in total. The van der Waals surface area contributed by atoms with E-state index in [1.165, 1.54) is 0 Å². The molecule has 0 aliphatic heterocycles. The molecule has 0 radical (unpaired) electrons. The molecule has 1 fully saturated rings. The van der Waals surface area contributed by atoms with Gasteiger partial charge in [0.05, 0.1) is 12.6 Å². The lowest BCUT2D eigenvalue weighted by Crippen LogP contribution is -2.00. The van der Waals surface area contributed by atoms with Crippen molar-refractivity contribution in [3.63, 3.8) is 0 Å². The van der Waals surface area contributed by atoms with E-state index in [1.807, 2.05) is 12.1 Å². The third-order valence-corrected chi connectivity index (χ3v) is 5.44. The highest BCUT2D eigenvalue weighted by atomic mass is 32.1. The summed E-state index contributed by atoms with van der Waals surface area (Å²) in [5.74, 6) is 0.846. The monoisotopic (exact) mass is 276 g/mol. The van der Waals surface area contributed by atoms with Crippen LogP contribution in [0.15, 0.2) is 18.2 Å². The van der Waals surface area contributed by atoms with Crippen LogP contribution in [0.4, 0.5) is 0 Å². The Morgan fingerprint density at radius 2 is 1.84 bits per heavy atom. The van der Waals surface area contributed by atoms with Gasteiger partial charge in [0.2, 0.25) is 0 Å². The van der Waals surface area contributed by atoms with Gasteiger partial charge < -0.3 is 14.3 Å². The van der Waals surface area contributed by atoms with Crippen molar-refractivity contribution in [2.45, 2.75) is 33.7 Å². The largest absolute Gasteiger partial charge is 0.494 e. The van der Waals surface area contributed by atoms with Gasteiger partial charge in [-0.15, -0.1) is 0 Å². The first kappa shape index (κ1) is 12.7. The Labute approximate surface area is 118 Å². The molecule has 0 atom stereocenters. The fourth-order valence-electron chi connectivity index (χ4n) is 3.36. The van der Waals surface area contributed by atoms with E-state index in [-0.39, 0.29) is 10.8 Å². The van der Waals surface area contributed by atoms with E-state index in [4.69, 9.17) is 17.0 Å². The van der Waals surface area contributed by atoms with Crippen LogP contribution in [0, 0.1) is 15.6 Å². The summed E-state index contributed by atoms with van der Waals surface area (Å²) in [5, 5.41) is 0. The second-order valence-electron chi connectivity index (χ2n) is 6.50. The van der Waals surface area contributed by atoms with Gasteiger partial charge in [-0.05, 0) is 35.2 Å². The van der Waals surface area contributed by atoms with Gasteiger partial charge in [-0.25, -0.2) is 0 Å². The number of aromatic amines is 1. The quantitative estimate of drug-likeness (QED) is 0.828. The Balaban J connectivity index is 2.27. The van der Waals surface area contributed by atoms with E-state index in [1.54, 1.807) is 7.11 Å². The number of hydrogen-bond donors (Lipinski definition) is 1. The minimum atomic E-state index is 0.253. The minimum absolute atomic E-state index is 0.253. The molecule has 1 heterocycles. The topological polar surface area (TPSA) is 29.9 Å². The zero-order valence-corrected chi connectivity index (χ0v) is 12.9. The molecule has 19 heavy (non-hydrogen) atoms. The lowest BCUT2D eigenvalue weighted by molar-refractivity contribution is 0.419. The molecule has 0 spiro atoms. The molecular formula is C15H20N2OS. The predicted octanol–water partition coefficient (Wildman–Crippen LogP) is 4.31. The molecule has 0 saturated heterocycles. The second-order valence-corrected chi connectivity index (χ2v) is 6.89. The Morgan fingerprint density at radius 1 is 1.21 bits per heavy atom. The van der Waals surface area contributed by atoms with Gasteiger partial charge in [0, 0.05) is 6.04 Å². The van der Waals surface area contributed by atoms with Crippen molar-refractivity contribution in [1.82, 2.24) is 9.55 Å². The standard InChI is InChI=1S/C15H20N2OS/c1-14(2)12(15(14,3)4)17-9-7-6-8-10(18-5)11(9)16-13(17)19/h6-8,12H,1-5H3,(H,16,19). The van der Waals surface area contributed by atoms with E-state index < -0.39 is 0 Å². The molecule has 1 aliphatic carbocycles. The summed E-state index contributed by atoms with van der Waals surface area (Å²) in [5.41, 5.74) is 2.63. The van der Waals surface area contributed by atoms with Crippen molar-refractivity contribution in [3.05, 3.63) is 23.0 Å². The van der Waals surface area contributed by atoms with Crippen LogP contribution in [0.3, 0.4) is 0 Å². The third-order valence-electron chi connectivity index (χ3n) is 5.14. The predicted molar refractivity (Wildman–Crippen MR) is 80.3 cm³/mol. The van der Waals surface area contributed by atoms with Crippen LogP contribution in [-0.4, -0.2) is 16.7 Å². The molecule has 1 aliphatic rings. The number of aromatic nitrogens is 2. The average Bonchev–Trinajstić information content (AvgIpc) is 2.62. The number of imidazole rings is 1. The number of H-pyrrole nitrogens is 1. The number of fused-ring (bicyclic) bond motifs is 1. The smallest absolute Gasteiger partial charge is 0.178 e. The first-order chi connectivity index (χ1) is 8.82. The lowest BCUT2D eigenvalue weighted by atomic mass is 10.0. The van der Waals surface area contributed by atoms with E-state index in [2.05, 4.69) is 43.3 Å². The molecule has 2 aromatic rings. The highest BCUT2D eigenvalue weighted by Crippen LogP contribution is 2.71. The van der Waals surface area contributed by atoms with Gasteiger partial charge in [0.25, 0.3) is 0 Å². The molecule has 1 saturated carbocycles. The van der Waals surface area contributed by atoms with Crippen molar-refractivity contribution >= 4 is 23.3 Å². The van der Waals surface area contributed by atoms with Gasteiger partial charge in [-0.3, -0.25) is 0 Å².